The van der Waals surface area contributed by atoms with Gasteiger partial charge >= 0.3 is 0 Å². The molecule has 2 aromatic heterocycles. The highest BCUT2D eigenvalue weighted by atomic mass is 32.2. The van der Waals surface area contributed by atoms with Crippen LogP contribution in [-0.2, 0) is 0 Å². The van der Waals surface area contributed by atoms with E-state index < -0.39 is 0 Å². The second-order valence-corrected chi connectivity index (χ2v) is 6.62. The lowest BCUT2D eigenvalue weighted by atomic mass is 10.2. The molecule has 24 heavy (non-hydrogen) atoms. The lowest BCUT2D eigenvalue weighted by Crippen LogP contribution is -2.32. The second kappa shape index (κ2) is 7.21. The SMILES string of the molecule is CSc1nc(C)c(C)c(N2CCCN(c3ccc(=O)[nH]n3)CC2)n1. The van der Waals surface area contributed by atoms with Crippen LogP contribution in [0.15, 0.2) is 22.1 Å². The van der Waals surface area contributed by atoms with E-state index in [0.717, 1.165) is 60.6 Å². The summed E-state index contributed by atoms with van der Waals surface area (Å²) < 4.78 is 0. The lowest BCUT2D eigenvalue weighted by Gasteiger charge is -2.25. The van der Waals surface area contributed by atoms with Gasteiger partial charge in [0.05, 0.1) is 0 Å². The minimum Gasteiger partial charge on any atom is -0.354 e. The van der Waals surface area contributed by atoms with E-state index in [9.17, 15) is 4.79 Å². The van der Waals surface area contributed by atoms with Gasteiger partial charge in [0, 0.05) is 43.5 Å². The third-order valence-corrected chi connectivity index (χ3v) is 4.86. The third-order valence-electron chi connectivity index (χ3n) is 4.31. The third kappa shape index (κ3) is 3.53. The Morgan fingerprint density at radius 3 is 2.54 bits per heavy atom. The van der Waals surface area contributed by atoms with Crippen molar-refractivity contribution in [3.05, 3.63) is 33.7 Å². The number of hydrogen-bond acceptors (Lipinski definition) is 7. The van der Waals surface area contributed by atoms with Crippen molar-refractivity contribution in [2.75, 3.05) is 42.2 Å². The van der Waals surface area contributed by atoms with Gasteiger partial charge in [0.1, 0.15) is 11.6 Å². The fourth-order valence-electron chi connectivity index (χ4n) is 2.86. The molecule has 0 aromatic carbocycles. The van der Waals surface area contributed by atoms with Crippen molar-refractivity contribution < 1.29 is 0 Å². The number of aryl methyl sites for hydroxylation is 1. The van der Waals surface area contributed by atoms with Crippen molar-refractivity contribution in [1.82, 2.24) is 20.2 Å². The molecule has 1 fully saturated rings. The standard InChI is InChI=1S/C16H22N6OS/c1-11-12(2)17-16(24-3)18-15(11)22-8-4-7-21(9-10-22)13-5-6-14(23)20-19-13/h5-6H,4,7-10H2,1-3H3,(H,20,23). The molecule has 128 valence electrons. The van der Waals surface area contributed by atoms with E-state index in [-0.39, 0.29) is 5.56 Å². The first kappa shape index (κ1) is 16.8. The maximum absolute atomic E-state index is 11.2. The van der Waals surface area contributed by atoms with E-state index in [1.807, 2.05) is 13.2 Å². The number of aromatic amines is 1. The first-order valence-corrected chi connectivity index (χ1v) is 9.26. The van der Waals surface area contributed by atoms with Crippen LogP contribution in [0.3, 0.4) is 0 Å². The Balaban J connectivity index is 1.79. The average molecular weight is 346 g/mol. The Kier molecular flexibility index (Phi) is 5.03. The summed E-state index contributed by atoms with van der Waals surface area (Å²) in [5, 5.41) is 7.47. The first-order valence-electron chi connectivity index (χ1n) is 8.03. The number of aromatic nitrogens is 4. The number of nitrogens with zero attached hydrogens (tertiary/aromatic N) is 5. The van der Waals surface area contributed by atoms with Gasteiger partial charge in [-0.1, -0.05) is 11.8 Å². The molecule has 0 bridgehead atoms. The molecule has 1 saturated heterocycles. The Labute approximate surface area is 145 Å². The fourth-order valence-corrected chi connectivity index (χ4v) is 3.27. The van der Waals surface area contributed by atoms with Gasteiger partial charge in [0.15, 0.2) is 5.16 Å². The van der Waals surface area contributed by atoms with Crippen LogP contribution in [-0.4, -0.2) is 52.6 Å². The van der Waals surface area contributed by atoms with Gasteiger partial charge in [-0.3, -0.25) is 4.79 Å². The van der Waals surface area contributed by atoms with E-state index in [1.165, 1.54) is 6.07 Å². The van der Waals surface area contributed by atoms with Gasteiger partial charge in [-0.15, -0.1) is 0 Å². The van der Waals surface area contributed by atoms with Gasteiger partial charge < -0.3 is 9.80 Å². The van der Waals surface area contributed by atoms with Gasteiger partial charge in [0.2, 0.25) is 0 Å². The van der Waals surface area contributed by atoms with Gasteiger partial charge in [-0.2, -0.15) is 5.10 Å². The summed E-state index contributed by atoms with van der Waals surface area (Å²) in [6.07, 6.45) is 3.01. The predicted molar refractivity (Wildman–Crippen MR) is 97.2 cm³/mol. The topological polar surface area (TPSA) is 78.0 Å². The molecule has 2 aromatic rings. The van der Waals surface area contributed by atoms with Crippen LogP contribution in [0.1, 0.15) is 17.7 Å². The molecule has 1 aliphatic rings. The molecule has 0 radical (unpaired) electrons. The molecule has 8 heteroatoms. The van der Waals surface area contributed by atoms with Crippen LogP contribution in [0.4, 0.5) is 11.6 Å². The largest absolute Gasteiger partial charge is 0.354 e. The Morgan fingerprint density at radius 1 is 1.08 bits per heavy atom. The number of thioether (sulfide) groups is 1. The van der Waals surface area contributed by atoms with E-state index in [0.29, 0.717) is 0 Å². The normalized spacial score (nSPS) is 15.5. The zero-order chi connectivity index (χ0) is 17.1. The number of rotatable bonds is 3. The van der Waals surface area contributed by atoms with Crippen molar-refractivity contribution in [2.24, 2.45) is 0 Å². The van der Waals surface area contributed by atoms with Crippen molar-refractivity contribution in [1.29, 1.82) is 0 Å². The summed E-state index contributed by atoms with van der Waals surface area (Å²) in [7, 11) is 0. The van der Waals surface area contributed by atoms with Crippen molar-refractivity contribution >= 4 is 23.4 Å². The maximum atomic E-state index is 11.2. The Morgan fingerprint density at radius 2 is 1.83 bits per heavy atom. The summed E-state index contributed by atoms with van der Waals surface area (Å²) in [5.41, 5.74) is 2.00. The summed E-state index contributed by atoms with van der Waals surface area (Å²) in [6, 6.07) is 3.30. The molecule has 3 rings (SSSR count). The van der Waals surface area contributed by atoms with Crippen LogP contribution in [0.2, 0.25) is 0 Å². The van der Waals surface area contributed by atoms with E-state index in [2.05, 4.69) is 31.9 Å². The van der Waals surface area contributed by atoms with Crippen molar-refractivity contribution in [3.63, 3.8) is 0 Å². The molecular formula is C16H22N6OS. The first-order chi connectivity index (χ1) is 11.6. The molecule has 1 N–H and O–H groups in total. The lowest BCUT2D eigenvalue weighted by molar-refractivity contribution is 0.772. The quantitative estimate of drug-likeness (QED) is 0.668. The van der Waals surface area contributed by atoms with Crippen molar-refractivity contribution in [2.45, 2.75) is 25.4 Å². The van der Waals surface area contributed by atoms with Gasteiger partial charge in [0.25, 0.3) is 5.56 Å². The summed E-state index contributed by atoms with van der Waals surface area (Å²) in [4.78, 5) is 24.9. The van der Waals surface area contributed by atoms with Crippen LogP contribution in [0.5, 0.6) is 0 Å². The molecule has 3 heterocycles. The van der Waals surface area contributed by atoms with Crippen LogP contribution < -0.4 is 15.4 Å². The minimum atomic E-state index is -0.174. The second-order valence-electron chi connectivity index (χ2n) is 5.85. The minimum absolute atomic E-state index is 0.174. The van der Waals surface area contributed by atoms with E-state index in [4.69, 9.17) is 4.98 Å². The number of anilines is 2. The van der Waals surface area contributed by atoms with Crippen LogP contribution in [0, 0.1) is 13.8 Å². The number of nitrogens with one attached hydrogen (secondary N) is 1. The molecule has 0 aliphatic carbocycles. The van der Waals surface area contributed by atoms with Gasteiger partial charge in [-0.25, -0.2) is 15.1 Å². The Hall–Kier alpha value is -2.09. The molecule has 0 atom stereocenters. The number of hydrogen-bond donors (Lipinski definition) is 1. The van der Waals surface area contributed by atoms with Gasteiger partial charge in [-0.05, 0) is 32.6 Å². The molecule has 0 spiro atoms. The monoisotopic (exact) mass is 346 g/mol. The summed E-state index contributed by atoms with van der Waals surface area (Å²) >= 11 is 1.57. The summed E-state index contributed by atoms with van der Waals surface area (Å²) in [6.45, 7) is 7.69. The molecule has 0 saturated carbocycles. The van der Waals surface area contributed by atoms with Crippen molar-refractivity contribution in [3.8, 4) is 0 Å². The van der Waals surface area contributed by atoms with Crippen LogP contribution >= 0.6 is 11.8 Å². The average Bonchev–Trinajstić information content (AvgIpc) is 2.84. The highest BCUT2D eigenvalue weighted by Gasteiger charge is 2.20. The zero-order valence-corrected chi connectivity index (χ0v) is 15.1. The highest BCUT2D eigenvalue weighted by Crippen LogP contribution is 2.24. The van der Waals surface area contributed by atoms with E-state index in [1.54, 1.807) is 17.8 Å². The van der Waals surface area contributed by atoms with Crippen LogP contribution in [0.25, 0.3) is 0 Å². The molecule has 0 amide bonds. The maximum Gasteiger partial charge on any atom is 0.264 e. The van der Waals surface area contributed by atoms with E-state index >= 15 is 0 Å². The predicted octanol–water partition coefficient (Wildman–Crippen LogP) is 1.62. The molecule has 7 nitrogen and oxygen atoms in total. The molecule has 1 aliphatic heterocycles. The smallest absolute Gasteiger partial charge is 0.264 e. The number of H-pyrrole nitrogens is 1. The summed E-state index contributed by atoms with van der Waals surface area (Å²) in [5.74, 6) is 1.85. The fraction of sp³-hybridized carbons (Fsp3) is 0.500. The zero-order valence-electron chi connectivity index (χ0n) is 14.2. The molecule has 0 unspecified atom stereocenters. The molecular weight excluding hydrogens is 324 g/mol. The Bertz CT molecular complexity index is 757. The highest BCUT2D eigenvalue weighted by molar-refractivity contribution is 7.98.